The van der Waals surface area contributed by atoms with Crippen LogP contribution < -0.4 is 5.32 Å². The Kier molecular flexibility index (Phi) is 7.33. The zero-order valence-corrected chi connectivity index (χ0v) is 10.4. The van der Waals surface area contributed by atoms with Gasteiger partial charge in [0.25, 0.3) is 0 Å². The van der Waals surface area contributed by atoms with Crippen LogP contribution in [0.4, 0.5) is 0 Å². The molecule has 1 atom stereocenters. The van der Waals surface area contributed by atoms with E-state index in [0.717, 1.165) is 25.8 Å². The number of hydrogen-bond donors (Lipinski definition) is 1. The summed E-state index contributed by atoms with van der Waals surface area (Å²) >= 11 is 3.32. The molecule has 0 aliphatic carbocycles. The molecule has 0 radical (unpaired) electrons. The highest BCUT2D eigenvalue weighted by atomic mass is 79.9. The molecule has 0 aromatic heterocycles. The SMILES string of the molecule is CCC(CC)CNC(=O)C(Br)CC. The zero-order valence-electron chi connectivity index (χ0n) is 8.77. The molecule has 13 heavy (non-hydrogen) atoms. The smallest absolute Gasteiger partial charge is 0.233 e. The fourth-order valence-corrected chi connectivity index (χ4v) is 1.28. The first kappa shape index (κ1) is 12.9. The molecule has 0 fully saturated rings. The zero-order chi connectivity index (χ0) is 10.3. The van der Waals surface area contributed by atoms with E-state index in [-0.39, 0.29) is 10.7 Å². The van der Waals surface area contributed by atoms with Gasteiger partial charge >= 0.3 is 0 Å². The predicted octanol–water partition coefficient (Wildman–Crippen LogP) is 2.71. The van der Waals surface area contributed by atoms with Crippen molar-refractivity contribution in [1.82, 2.24) is 5.32 Å². The summed E-state index contributed by atoms with van der Waals surface area (Å²) in [4.78, 5) is 11.3. The molecular formula is C10H20BrNO. The average Bonchev–Trinajstić information content (AvgIpc) is 2.17. The van der Waals surface area contributed by atoms with Crippen LogP contribution in [0.25, 0.3) is 0 Å². The lowest BCUT2D eigenvalue weighted by Crippen LogP contribution is -2.34. The van der Waals surface area contributed by atoms with Crippen LogP contribution >= 0.6 is 15.9 Å². The van der Waals surface area contributed by atoms with Crippen molar-refractivity contribution in [1.29, 1.82) is 0 Å². The molecule has 0 rings (SSSR count). The van der Waals surface area contributed by atoms with Gasteiger partial charge in [-0.25, -0.2) is 0 Å². The highest BCUT2D eigenvalue weighted by molar-refractivity contribution is 9.10. The molecule has 0 aliphatic heterocycles. The number of hydrogen-bond acceptors (Lipinski definition) is 1. The standard InChI is InChI=1S/C10H20BrNO/c1-4-8(5-2)7-12-10(13)9(11)6-3/h8-9H,4-7H2,1-3H3,(H,12,13). The van der Waals surface area contributed by atoms with Crippen LogP contribution in [-0.2, 0) is 4.79 Å². The van der Waals surface area contributed by atoms with Crippen LogP contribution in [-0.4, -0.2) is 17.3 Å². The van der Waals surface area contributed by atoms with E-state index in [1.54, 1.807) is 0 Å². The lowest BCUT2D eigenvalue weighted by molar-refractivity contribution is -0.120. The van der Waals surface area contributed by atoms with Gasteiger partial charge in [0.05, 0.1) is 4.83 Å². The largest absolute Gasteiger partial charge is 0.355 e. The van der Waals surface area contributed by atoms with Crippen molar-refractivity contribution in [3.63, 3.8) is 0 Å². The summed E-state index contributed by atoms with van der Waals surface area (Å²) in [5.74, 6) is 0.745. The molecule has 1 amide bonds. The Morgan fingerprint density at radius 3 is 2.15 bits per heavy atom. The van der Waals surface area contributed by atoms with E-state index in [0.29, 0.717) is 5.92 Å². The monoisotopic (exact) mass is 249 g/mol. The molecule has 0 bridgehead atoms. The molecular weight excluding hydrogens is 230 g/mol. The molecule has 1 N–H and O–H groups in total. The second kappa shape index (κ2) is 7.36. The van der Waals surface area contributed by atoms with Gasteiger partial charge < -0.3 is 5.32 Å². The van der Waals surface area contributed by atoms with Crippen molar-refractivity contribution in [3.05, 3.63) is 0 Å². The van der Waals surface area contributed by atoms with E-state index >= 15 is 0 Å². The van der Waals surface area contributed by atoms with Gasteiger partial charge in [-0.2, -0.15) is 0 Å². The summed E-state index contributed by atoms with van der Waals surface area (Å²) < 4.78 is 0. The number of rotatable bonds is 6. The van der Waals surface area contributed by atoms with Crippen molar-refractivity contribution in [2.75, 3.05) is 6.54 Å². The van der Waals surface area contributed by atoms with Crippen molar-refractivity contribution >= 4 is 21.8 Å². The van der Waals surface area contributed by atoms with Gasteiger partial charge in [-0.1, -0.05) is 49.5 Å². The highest BCUT2D eigenvalue weighted by Crippen LogP contribution is 2.07. The Labute approximate surface area is 89.6 Å². The van der Waals surface area contributed by atoms with E-state index in [4.69, 9.17) is 0 Å². The lowest BCUT2D eigenvalue weighted by Gasteiger charge is -2.14. The number of carbonyl (C=O) groups excluding carboxylic acids is 1. The number of nitrogens with one attached hydrogen (secondary N) is 1. The maximum Gasteiger partial charge on any atom is 0.233 e. The van der Waals surface area contributed by atoms with E-state index in [1.807, 2.05) is 6.92 Å². The number of carbonyl (C=O) groups is 1. The Morgan fingerprint density at radius 1 is 1.23 bits per heavy atom. The van der Waals surface area contributed by atoms with Gasteiger partial charge in [-0.15, -0.1) is 0 Å². The minimum atomic E-state index is -0.0261. The fraction of sp³-hybridized carbons (Fsp3) is 0.900. The summed E-state index contributed by atoms with van der Waals surface area (Å²) in [5.41, 5.74) is 0. The van der Waals surface area contributed by atoms with Crippen molar-refractivity contribution in [2.24, 2.45) is 5.92 Å². The van der Waals surface area contributed by atoms with Gasteiger partial charge in [-0.3, -0.25) is 4.79 Å². The maximum atomic E-state index is 11.4. The molecule has 0 saturated heterocycles. The molecule has 0 saturated carbocycles. The van der Waals surface area contributed by atoms with Gasteiger partial charge in [0.2, 0.25) is 5.91 Å². The van der Waals surface area contributed by atoms with Crippen LogP contribution in [0.5, 0.6) is 0 Å². The van der Waals surface area contributed by atoms with Crippen molar-refractivity contribution < 1.29 is 4.79 Å². The minimum Gasteiger partial charge on any atom is -0.355 e. The third-order valence-electron chi connectivity index (χ3n) is 2.36. The quantitative estimate of drug-likeness (QED) is 0.721. The molecule has 0 spiro atoms. The Morgan fingerprint density at radius 2 is 1.77 bits per heavy atom. The lowest BCUT2D eigenvalue weighted by atomic mass is 10.0. The number of halogens is 1. The van der Waals surface area contributed by atoms with Crippen LogP contribution in [0.2, 0.25) is 0 Å². The molecule has 3 heteroatoms. The molecule has 78 valence electrons. The van der Waals surface area contributed by atoms with Crippen molar-refractivity contribution in [2.45, 2.75) is 44.9 Å². The second-order valence-electron chi connectivity index (χ2n) is 3.30. The molecule has 0 heterocycles. The normalized spacial score (nSPS) is 13.0. The Hall–Kier alpha value is -0.0500. The summed E-state index contributed by atoms with van der Waals surface area (Å²) in [6.45, 7) is 7.13. The van der Waals surface area contributed by atoms with E-state index in [1.165, 1.54) is 0 Å². The summed E-state index contributed by atoms with van der Waals surface area (Å²) in [6.07, 6.45) is 3.11. The average molecular weight is 250 g/mol. The van der Waals surface area contributed by atoms with Crippen LogP contribution in [0, 0.1) is 5.92 Å². The fourth-order valence-electron chi connectivity index (χ4n) is 1.12. The van der Waals surface area contributed by atoms with E-state index < -0.39 is 0 Å². The Bertz CT molecular complexity index is 146. The molecule has 0 aromatic rings. The first-order valence-corrected chi connectivity index (χ1v) is 5.98. The molecule has 1 unspecified atom stereocenters. The summed E-state index contributed by atoms with van der Waals surface area (Å²) in [6, 6.07) is 0. The minimum absolute atomic E-state index is 0.0261. The third-order valence-corrected chi connectivity index (χ3v) is 3.43. The van der Waals surface area contributed by atoms with E-state index in [9.17, 15) is 4.79 Å². The predicted molar refractivity (Wildman–Crippen MR) is 60.1 cm³/mol. The first-order chi connectivity index (χ1) is 6.15. The Balaban J connectivity index is 3.68. The molecule has 2 nitrogen and oxygen atoms in total. The van der Waals surface area contributed by atoms with Crippen LogP contribution in [0.1, 0.15) is 40.0 Å². The maximum absolute atomic E-state index is 11.4. The highest BCUT2D eigenvalue weighted by Gasteiger charge is 2.12. The number of amides is 1. The molecule has 0 aromatic carbocycles. The van der Waals surface area contributed by atoms with E-state index in [2.05, 4.69) is 35.1 Å². The van der Waals surface area contributed by atoms with Crippen molar-refractivity contribution in [3.8, 4) is 0 Å². The summed E-state index contributed by atoms with van der Waals surface area (Å²) in [5, 5.41) is 2.95. The van der Waals surface area contributed by atoms with Gasteiger partial charge in [0.15, 0.2) is 0 Å². The third kappa shape index (κ3) is 5.29. The molecule has 0 aliphatic rings. The topological polar surface area (TPSA) is 29.1 Å². The van der Waals surface area contributed by atoms with Crippen LogP contribution in [0.15, 0.2) is 0 Å². The van der Waals surface area contributed by atoms with Gasteiger partial charge in [-0.05, 0) is 12.3 Å². The number of alkyl halides is 1. The van der Waals surface area contributed by atoms with Gasteiger partial charge in [0, 0.05) is 6.54 Å². The van der Waals surface area contributed by atoms with Crippen LogP contribution in [0.3, 0.4) is 0 Å². The summed E-state index contributed by atoms with van der Waals surface area (Å²) in [7, 11) is 0. The second-order valence-corrected chi connectivity index (χ2v) is 4.41. The first-order valence-electron chi connectivity index (χ1n) is 5.07. The van der Waals surface area contributed by atoms with Gasteiger partial charge in [0.1, 0.15) is 0 Å².